The Morgan fingerprint density at radius 3 is 2.90 bits per heavy atom. The smallest absolute Gasteiger partial charge is 0.307 e. The predicted molar refractivity (Wildman–Crippen MR) is 72.7 cm³/mol. The van der Waals surface area contributed by atoms with E-state index in [4.69, 9.17) is 9.26 Å². The summed E-state index contributed by atoms with van der Waals surface area (Å²) >= 11 is 0. The molecule has 0 aliphatic rings. The van der Waals surface area contributed by atoms with Crippen molar-refractivity contribution in [3.8, 4) is 11.5 Å². The number of nitrogens with zero attached hydrogens (tertiary/aromatic N) is 2. The Hall–Kier alpha value is -2.21. The third-order valence-corrected chi connectivity index (χ3v) is 2.58. The average molecular weight is 275 g/mol. The number of hydrogen-bond acceptors (Lipinski definition) is 6. The van der Waals surface area contributed by atoms with Crippen LogP contribution in [0.2, 0.25) is 0 Å². The zero-order valence-electron chi connectivity index (χ0n) is 11.3. The first-order chi connectivity index (χ1) is 9.79. The molecule has 0 bridgehead atoms. The monoisotopic (exact) mass is 275 g/mol. The van der Waals surface area contributed by atoms with Gasteiger partial charge in [0.15, 0.2) is 5.82 Å². The summed E-state index contributed by atoms with van der Waals surface area (Å²) in [5.41, 5.74) is 0.887. The Balaban J connectivity index is 1.78. The van der Waals surface area contributed by atoms with Gasteiger partial charge < -0.3 is 14.6 Å². The van der Waals surface area contributed by atoms with E-state index < -0.39 is 0 Å². The minimum Gasteiger partial charge on any atom is -0.466 e. The quantitative estimate of drug-likeness (QED) is 0.613. The van der Waals surface area contributed by atoms with Gasteiger partial charge in [-0.3, -0.25) is 4.79 Å². The van der Waals surface area contributed by atoms with E-state index >= 15 is 0 Å². The topological polar surface area (TPSA) is 77.2 Å². The van der Waals surface area contributed by atoms with Crippen LogP contribution in [-0.2, 0) is 16.1 Å². The second-order valence-corrected chi connectivity index (χ2v) is 4.11. The molecule has 0 aliphatic carbocycles. The number of hydrogen-bond donors (Lipinski definition) is 1. The molecule has 0 fully saturated rings. The summed E-state index contributed by atoms with van der Waals surface area (Å²) in [6, 6.07) is 9.57. The fourth-order valence-electron chi connectivity index (χ4n) is 1.65. The number of esters is 1. The molecule has 0 saturated carbocycles. The van der Waals surface area contributed by atoms with Gasteiger partial charge in [0, 0.05) is 12.1 Å². The highest BCUT2D eigenvalue weighted by atomic mass is 16.5. The van der Waals surface area contributed by atoms with Crippen LogP contribution in [0.1, 0.15) is 19.2 Å². The highest BCUT2D eigenvalue weighted by Gasteiger charge is 2.08. The van der Waals surface area contributed by atoms with Crippen LogP contribution in [0.5, 0.6) is 0 Å². The van der Waals surface area contributed by atoms with Crippen LogP contribution in [0.25, 0.3) is 11.5 Å². The summed E-state index contributed by atoms with van der Waals surface area (Å²) in [6.45, 7) is 3.17. The highest BCUT2D eigenvalue weighted by Crippen LogP contribution is 2.15. The molecule has 2 aromatic rings. The summed E-state index contributed by atoms with van der Waals surface area (Å²) < 4.78 is 10.0. The maximum atomic E-state index is 11.1. The molecule has 0 unspecified atom stereocenters. The van der Waals surface area contributed by atoms with Crippen LogP contribution >= 0.6 is 0 Å². The molecule has 6 nitrogen and oxygen atoms in total. The number of carbonyl (C=O) groups excluding carboxylic acids is 1. The molecule has 106 valence electrons. The summed E-state index contributed by atoms with van der Waals surface area (Å²) in [4.78, 5) is 15.4. The fourth-order valence-corrected chi connectivity index (χ4v) is 1.65. The Morgan fingerprint density at radius 1 is 1.35 bits per heavy atom. The molecule has 0 spiro atoms. The molecule has 1 heterocycles. The van der Waals surface area contributed by atoms with E-state index in [1.165, 1.54) is 0 Å². The molecule has 20 heavy (non-hydrogen) atoms. The average Bonchev–Trinajstić information content (AvgIpc) is 2.94. The highest BCUT2D eigenvalue weighted by molar-refractivity contribution is 5.69. The predicted octanol–water partition coefficient (Wildman–Crippen LogP) is 1.78. The van der Waals surface area contributed by atoms with E-state index in [9.17, 15) is 4.79 Å². The fraction of sp³-hybridized carbons (Fsp3) is 0.357. The maximum Gasteiger partial charge on any atom is 0.307 e. The van der Waals surface area contributed by atoms with Crippen LogP contribution in [-0.4, -0.2) is 29.3 Å². The summed E-state index contributed by atoms with van der Waals surface area (Å²) in [7, 11) is 0. The van der Waals surface area contributed by atoms with E-state index in [1.807, 2.05) is 30.3 Å². The lowest BCUT2D eigenvalue weighted by Crippen LogP contribution is -2.19. The van der Waals surface area contributed by atoms with Gasteiger partial charge in [0.05, 0.1) is 19.6 Å². The van der Waals surface area contributed by atoms with Crippen LogP contribution in [0.4, 0.5) is 0 Å². The maximum absolute atomic E-state index is 11.1. The minimum atomic E-state index is -0.210. The molecule has 0 radical (unpaired) electrons. The van der Waals surface area contributed by atoms with Gasteiger partial charge in [0.1, 0.15) is 0 Å². The lowest BCUT2D eigenvalue weighted by molar-refractivity contribution is -0.142. The van der Waals surface area contributed by atoms with Crippen molar-refractivity contribution in [2.24, 2.45) is 0 Å². The third kappa shape index (κ3) is 4.17. The van der Waals surface area contributed by atoms with Gasteiger partial charge in [0.2, 0.25) is 0 Å². The molecular weight excluding hydrogens is 258 g/mol. The van der Waals surface area contributed by atoms with E-state index in [0.717, 1.165) is 5.56 Å². The van der Waals surface area contributed by atoms with E-state index in [2.05, 4.69) is 15.5 Å². The van der Waals surface area contributed by atoms with Crippen molar-refractivity contribution < 1.29 is 14.1 Å². The normalized spacial score (nSPS) is 10.4. The Morgan fingerprint density at radius 2 is 2.15 bits per heavy atom. The number of ether oxygens (including phenoxy) is 1. The zero-order chi connectivity index (χ0) is 14.2. The molecule has 0 saturated heterocycles. The van der Waals surface area contributed by atoms with Crippen molar-refractivity contribution in [3.63, 3.8) is 0 Å². The number of carbonyl (C=O) groups is 1. The molecule has 1 aromatic heterocycles. The Bertz CT molecular complexity index is 540. The number of benzene rings is 1. The number of nitrogens with one attached hydrogen (secondary N) is 1. The molecule has 0 amide bonds. The molecule has 2 rings (SSSR count). The van der Waals surface area contributed by atoms with Crippen molar-refractivity contribution in [3.05, 3.63) is 36.2 Å². The van der Waals surface area contributed by atoms with Gasteiger partial charge in [-0.15, -0.1) is 0 Å². The van der Waals surface area contributed by atoms with E-state index in [0.29, 0.717) is 37.8 Å². The van der Waals surface area contributed by atoms with Crippen molar-refractivity contribution in [1.29, 1.82) is 0 Å². The van der Waals surface area contributed by atoms with Gasteiger partial charge >= 0.3 is 5.97 Å². The van der Waals surface area contributed by atoms with Gasteiger partial charge in [-0.05, 0) is 19.1 Å². The van der Waals surface area contributed by atoms with Crippen molar-refractivity contribution in [2.75, 3.05) is 13.2 Å². The van der Waals surface area contributed by atoms with Gasteiger partial charge in [-0.1, -0.05) is 23.4 Å². The van der Waals surface area contributed by atoms with Crippen molar-refractivity contribution in [1.82, 2.24) is 15.5 Å². The Kier molecular flexibility index (Phi) is 5.25. The first-order valence-electron chi connectivity index (χ1n) is 6.54. The number of rotatable bonds is 7. The standard InChI is InChI=1S/C14H17N3O3/c1-2-19-13(18)8-9-15-10-12-16-14(20-17-12)11-6-4-3-5-7-11/h3-7,15H,2,8-10H2,1H3. The van der Waals surface area contributed by atoms with E-state index in [-0.39, 0.29) is 5.97 Å². The summed E-state index contributed by atoms with van der Waals surface area (Å²) in [6.07, 6.45) is 0.331. The second-order valence-electron chi connectivity index (χ2n) is 4.11. The van der Waals surface area contributed by atoms with E-state index in [1.54, 1.807) is 6.92 Å². The van der Waals surface area contributed by atoms with Crippen LogP contribution in [0.3, 0.4) is 0 Å². The molecule has 0 atom stereocenters. The molecule has 0 aliphatic heterocycles. The van der Waals surface area contributed by atoms with Crippen LogP contribution in [0.15, 0.2) is 34.9 Å². The molecule has 1 aromatic carbocycles. The van der Waals surface area contributed by atoms with Gasteiger partial charge in [-0.2, -0.15) is 4.98 Å². The molecular formula is C14H17N3O3. The van der Waals surface area contributed by atoms with Crippen LogP contribution in [0, 0.1) is 0 Å². The first-order valence-corrected chi connectivity index (χ1v) is 6.54. The van der Waals surface area contributed by atoms with Crippen LogP contribution < -0.4 is 5.32 Å². The second kappa shape index (κ2) is 7.40. The summed E-state index contributed by atoms with van der Waals surface area (Å²) in [5, 5.41) is 6.95. The number of aromatic nitrogens is 2. The Labute approximate surface area is 117 Å². The van der Waals surface area contributed by atoms with Crippen molar-refractivity contribution in [2.45, 2.75) is 19.9 Å². The van der Waals surface area contributed by atoms with Gasteiger partial charge in [0.25, 0.3) is 5.89 Å². The van der Waals surface area contributed by atoms with Crippen molar-refractivity contribution >= 4 is 5.97 Å². The zero-order valence-corrected chi connectivity index (χ0v) is 11.3. The molecule has 1 N–H and O–H groups in total. The first kappa shape index (κ1) is 14.2. The third-order valence-electron chi connectivity index (χ3n) is 2.58. The SMILES string of the molecule is CCOC(=O)CCNCc1noc(-c2ccccc2)n1. The lowest BCUT2D eigenvalue weighted by atomic mass is 10.2. The lowest BCUT2D eigenvalue weighted by Gasteiger charge is -2.01. The minimum absolute atomic E-state index is 0.210. The molecule has 6 heteroatoms. The van der Waals surface area contributed by atoms with Gasteiger partial charge in [-0.25, -0.2) is 0 Å². The summed E-state index contributed by atoms with van der Waals surface area (Å²) in [5.74, 6) is 0.846. The largest absolute Gasteiger partial charge is 0.466 e.